The molecule has 0 radical (unpaired) electrons. The van der Waals surface area contributed by atoms with Crippen molar-refractivity contribution in [3.8, 4) is 0 Å². The average molecular weight is 137 g/mol. The first-order chi connectivity index (χ1) is 3.81. The van der Waals surface area contributed by atoms with Gasteiger partial charge in [0.2, 0.25) is 0 Å². The van der Waals surface area contributed by atoms with Gasteiger partial charge in [0.05, 0.1) is 0 Å². The summed E-state index contributed by atoms with van der Waals surface area (Å²) in [5.74, 6) is 0. The molecule has 3 nitrogen and oxygen atoms in total. The Kier molecular flexibility index (Phi) is 5.66. The van der Waals surface area contributed by atoms with Crippen LogP contribution < -0.4 is 5.32 Å². The van der Waals surface area contributed by atoms with Crippen LogP contribution in [0.4, 0.5) is 0 Å². The summed E-state index contributed by atoms with van der Waals surface area (Å²) in [6.07, 6.45) is 0.0910. The SMILES string of the molecule is CNC(C)OPOC. The quantitative estimate of drug-likeness (QED) is 0.457. The van der Waals surface area contributed by atoms with Crippen LogP contribution in [0.1, 0.15) is 6.92 Å². The highest BCUT2D eigenvalue weighted by molar-refractivity contribution is 7.26. The Morgan fingerprint density at radius 2 is 2.25 bits per heavy atom. The molecule has 0 saturated heterocycles. The smallest absolute Gasteiger partial charge is 0.156 e. The van der Waals surface area contributed by atoms with E-state index in [4.69, 9.17) is 4.52 Å². The summed E-state index contributed by atoms with van der Waals surface area (Å²) in [5, 5.41) is 2.90. The van der Waals surface area contributed by atoms with Gasteiger partial charge in [-0.15, -0.1) is 0 Å². The zero-order valence-electron chi connectivity index (χ0n) is 5.39. The summed E-state index contributed by atoms with van der Waals surface area (Å²) in [5.41, 5.74) is 0. The fourth-order valence-electron chi connectivity index (χ4n) is 0.179. The van der Waals surface area contributed by atoms with Gasteiger partial charge >= 0.3 is 0 Å². The van der Waals surface area contributed by atoms with Crippen LogP contribution in [0.5, 0.6) is 0 Å². The van der Waals surface area contributed by atoms with Gasteiger partial charge in [0.25, 0.3) is 0 Å². The summed E-state index contributed by atoms with van der Waals surface area (Å²) in [4.78, 5) is 0. The lowest BCUT2D eigenvalue weighted by molar-refractivity contribution is 0.196. The minimum Gasteiger partial charge on any atom is -0.340 e. The molecule has 0 bridgehead atoms. The second kappa shape index (κ2) is 5.45. The summed E-state index contributed by atoms with van der Waals surface area (Å²) in [6.45, 7) is 1.92. The van der Waals surface area contributed by atoms with Gasteiger partial charge in [-0.05, 0) is 14.0 Å². The fraction of sp³-hybridized carbons (Fsp3) is 1.00. The average Bonchev–Trinajstić information content (AvgIpc) is 1.83. The van der Waals surface area contributed by atoms with Crippen molar-refractivity contribution in [1.82, 2.24) is 5.32 Å². The Labute approximate surface area is 51.7 Å². The topological polar surface area (TPSA) is 30.5 Å². The van der Waals surface area contributed by atoms with Crippen LogP contribution >= 0.6 is 9.03 Å². The molecule has 0 aromatic heterocycles. The fourth-order valence-corrected chi connectivity index (χ4v) is 0.538. The van der Waals surface area contributed by atoms with E-state index in [-0.39, 0.29) is 15.3 Å². The summed E-state index contributed by atoms with van der Waals surface area (Å²) in [7, 11) is 3.59. The molecule has 0 aromatic carbocycles. The van der Waals surface area contributed by atoms with Crippen molar-refractivity contribution in [1.29, 1.82) is 0 Å². The minimum absolute atomic E-state index is 0.0910. The zero-order valence-corrected chi connectivity index (χ0v) is 6.39. The van der Waals surface area contributed by atoms with E-state index in [0.29, 0.717) is 0 Å². The molecular formula is C4H12NO2P. The first-order valence-corrected chi connectivity index (χ1v) is 3.23. The Morgan fingerprint density at radius 1 is 1.62 bits per heavy atom. The highest BCUT2D eigenvalue weighted by atomic mass is 31.1. The predicted molar refractivity (Wildman–Crippen MR) is 34.9 cm³/mol. The Balaban J connectivity index is 2.86. The van der Waals surface area contributed by atoms with Gasteiger partial charge < -0.3 is 9.05 Å². The molecular weight excluding hydrogens is 125 g/mol. The molecule has 0 aliphatic carbocycles. The maximum Gasteiger partial charge on any atom is 0.156 e. The van der Waals surface area contributed by atoms with Gasteiger partial charge in [0, 0.05) is 7.11 Å². The molecule has 50 valence electrons. The van der Waals surface area contributed by atoms with Crippen molar-refractivity contribution in [2.24, 2.45) is 0 Å². The molecule has 0 aliphatic heterocycles. The Morgan fingerprint density at radius 3 is 2.62 bits per heavy atom. The third kappa shape index (κ3) is 4.47. The third-order valence-electron chi connectivity index (χ3n) is 0.715. The number of nitrogens with one attached hydrogen (secondary N) is 1. The molecule has 8 heavy (non-hydrogen) atoms. The second-order valence-corrected chi connectivity index (χ2v) is 2.15. The molecule has 0 fully saturated rings. The molecule has 0 rings (SSSR count). The van der Waals surface area contributed by atoms with E-state index < -0.39 is 0 Å². The second-order valence-electron chi connectivity index (χ2n) is 1.34. The summed E-state index contributed by atoms with van der Waals surface area (Å²) < 4.78 is 9.71. The van der Waals surface area contributed by atoms with E-state index in [0.717, 1.165) is 0 Å². The van der Waals surface area contributed by atoms with Crippen LogP contribution in [0.2, 0.25) is 0 Å². The lowest BCUT2D eigenvalue weighted by Crippen LogP contribution is -2.21. The van der Waals surface area contributed by atoms with E-state index in [1.807, 2.05) is 14.0 Å². The maximum atomic E-state index is 5.03. The van der Waals surface area contributed by atoms with Crippen molar-refractivity contribution in [2.75, 3.05) is 14.2 Å². The van der Waals surface area contributed by atoms with Crippen molar-refractivity contribution >= 4 is 9.03 Å². The van der Waals surface area contributed by atoms with Crippen LogP contribution in [0.25, 0.3) is 0 Å². The van der Waals surface area contributed by atoms with Gasteiger partial charge in [-0.2, -0.15) is 0 Å². The van der Waals surface area contributed by atoms with Gasteiger partial charge in [0.15, 0.2) is 9.03 Å². The van der Waals surface area contributed by atoms with E-state index >= 15 is 0 Å². The van der Waals surface area contributed by atoms with Crippen LogP contribution in [-0.2, 0) is 9.05 Å². The van der Waals surface area contributed by atoms with Gasteiger partial charge in [-0.3, -0.25) is 5.32 Å². The largest absolute Gasteiger partial charge is 0.340 e. The van der Waals surface area contributed by atoms with Crippen LogP contribution in [-0.4, -0.2) is 20.4 Å². The molecule has 0 saturated carbocycles. The minimum atomic E-state index is 0.0910. The first-order valence-electron chi connectivity index (χ1n) is 2.42. The zero-order chi connectivity index (χ0) is 6.41. The first kappa shape index (κ1) is 8.31. The van der Waals surface area contributed by atoms with Gasteiger partial charge in [-0.1, -0.05) is 0 Å². The lowest BCUT2D eigenvalue weighted by Gasteiger charge is -2.08. The van der Waals surface area contributed by atoms with Crippen LogP contribution in [0, 0.1) is 0 Å². The molecule has 2 unspecified atom stereocenters. The Hall–Kier alpha value is 0.310. The predicted octanol–water partition coefficient (Wildman–Crippen LogP) is 0.723. The third-order valence-corrected chi connectivity index (χ3v) is 1.33. The summed E-state index contributed by atoms with van der Waals surface area (Å²) >= 11 is 0. The van der Waals surface area contributed by atoms with Crippen molar-refractivity contribution in [3.63, 3.8) is 0 Å². The van der Waals surface area contributed by atoms with Crippen molar-refractivity contribution in [3.05, 3.63) is 0 Å². The highest BCUT2D eigenvalue weighted by Crippen LogP contribution is 2.12. The number of rotatable bonds is 4. The molecule has 0 amide bonds. The van der Waals surface area contributed by atoms with Crippen molar-refractivity contribution < 1.29 is 9.05 Å². The molecule has 4 heteroatoms. The highest BCUT2D eigenvalue weighted by Gasteiger charge is 1.93. The van der Waals surface area contributed by atoms with Gasteiger partial charge in [0.1, 0.15) is 6.23 Å². The monoisotopic (exact) mass is 137 g/mol. The van der Waals surface area contributed by atoms with Gasteiger partial charge in [-0.25, -0.2) is 0 Å². The van der Waals surface area contributed by atoms with E-state index in [2.05, 4.69) is 9.84 Å². The van der Waals surface area contributed by atoms with Crippen molar-refractivity contribution in [2.45, 2.75) is 13.2 Å². The van der Waals surface area contributed by atoms with Crippen LogP contribution in [0.15, 0.2) is 0 Å². The Bertz CT molecular complexity index is 53.3. The number of hydrogen-bond acceptors (Lipinski definition) is 3. The van der Waals surface area contributed by atoms with Crippen LogP contribution in [0.3, 0.4) is 0 Å². The molecule has 1 N–H and O–H groups in total. The molecule has 0 aliphatic rings. The molecule has 0 heterocycles. The standard InChI is InChI=1S/C4H12NO2P/c1-4(5-2)7-8-6-3/h4-5,8H,1-3H3. The molecule has 0 aromatic rings. The maximum absolute atomic E-state index is 5.03. The van der Waals surface area contributed by atoms with E-state index in [9.17, 15) is 0 Å². The summed E-state index contributed by atoms with van der Waals surface area (Å²) in [6, 6.07) is 0. The molecule has 2 atom stereocenters. The lowest BCUT2D eigenvalue weighted by atomic mass is 10.7. The number of hydrogen-bond donors (Lipinski definition) is 1. The van der Waals surface area contributed by atoms with E-state index in [1.165, 1.54) is 0 Å². The normalized spacial score (nSPS) is 15.4. The van der Waals surface area contributed by atoms with E-state index in [1.54, 1.807) is 7.11 Å². The molecule has 0 spiro atoms.